The average molecular weight is 617 g/mol. The second-order valence-corrected chi connectivity index (χ2v) is 12.5. The summed E-state index contributed by atoms with van der Waals surface area (Å²) in [4.78, 5) is 26.0. The average Bonchev–Trinajstić information content (AvgIpc) is 3.58. The van der Waals surface area contributed by atoms with Crippen molar-refractivity contribution in [2.75, 3.05) is 12.4 Å². The number of nitrogens with one attached hydrogen (secondary N) is 2. The minimum atomic E-state index is -5.61. The number of benzene rings is 3. The van der Waals surface area contributed by atoms with E-state index in [9.17, 15) is 31.2 Å². The van der Waals surface area contributed by atoms with E-state index in [-0.39, 0.29) is 34.4 Å². The summed E-state index contributed by atoms with van der Waals surface area (Å²) < 4.78 is 83.2. The number of halogens is 4. The SMILES string of the molecule is CCc1ccc(-c2cc(C(=O)N[C@H]3[C@@H](C(=O)Nc4cccc(S(=O)(=O)C(F)(F)F)c4)[C@@H]4C=C[C@H]3C4)c(OC)cc2F)cc1. The highest BCUT2D eigenvalue weighted by Gasteiger charge is 2.49. The van der Waals surface area contributed by atoms with E-state index >= 15 is 4.39 Å². The van der Waals surface area contributed by atoms with Crippen LogP contribution in [0.3, 0.4) is 0 Å². The molecule has 12 heteroatoms. The first-order valence-electron chi connectivity index (χ1n) is 13.5. The lowest BCUT2D eigenvalue weighted by molar-refractivity contribution is -0.121. The lowest BCUT2D eigenvalue weighted by Gasteiger charge is -2.28. The fraction of sp³-hybridized carbons (Fsp3) is 0.290. The monoisotopic (exact) mass is 616 g/mol. The van der Waals surface area contributed by atoms with Crippen molar-refractivity contribution in [3.63, 3.8) is 0 Å². The molecule has 226 valence electrons. The Morgan fingerprint density at radius 1 is 1.00 bits per heavy atom. The van der Waals surface area contributed by atoms with Gasteiger partial charge >= 0.3 is 5.51 Å². The van der Waals surface area contributed by atoms with Crippen molar-refractivity contribution in [3.8, 4) is 16.9 Å². The molecule has 0 aliphatic heterocycles. The zero-order valence-corrected chi connectivity index (χ0v) is 23.9. The first-order valence-corrected chi connectivity index (χ1v) is 15.0. The second-order valence-electron chi connectivity index (χ2n) is 10.5. The highest BCUT2D eigenvalue weighted by Crippen LogP contribution is 2.45. The lowest BCUT2D eigenvalue weighted by atomic mass is 9.87. The van der Waals surface area contributed by atoms with Crippen LogP contribution in [0.4, 0.5) is 23.2 Å². The molecule has 0 heterocycles. The van der Waals surface area contributed by atoms with Crippen molar-refractivity contribution in [1.82, 2.24) is 5.32 Å². The molecule has 2 N–H and O–H groups in total. The standard InChI is InChI=1S/C31H28F4N2O5S/c1-3-17-7-9-18(10-8-17)23-15-24(26(42-2)16-25(23)32)29(38)37-28-20-12-11-19(13-20)27(28)30(39)36-21-5-4-6-22(14-21)43(40,41)31(33,34)35/h4-12,14-16,19-20,27-28H,3,13H2,1-2H3,(H,36,39)(H,37,38)/t19-,20+,27+,28-/m1/s1. The van der Waals surface area contributed by atoms with Crippen molar-refractivity contribution in [1.29, 1.82) is 0 Å². The first kappa shape index (κ1) is 30.3. The zero-order chi connectivity index (χ0) is 31.1. The maximum absolute atomic E-state index is 15.0. The number of carbonyl (C=O) groups is 2. The maximum atomic E-state index is 15.0. The Balaban J connectivity index is 1.39. The number of methoxy groups -OCH3 is 1. The zero-order valence-electron chi connectivity index (χ0n) is 23.1. The number of allylic oxidation sites excluding steroid dienone is 1. The molecule has 1 fully saturated rings. The second kappa shape index (κ2) is 11.5. The number of aryl methyl sites for hydroxylation is 1. The van der Waals surface area contributed by atoms with E-state index in [0.29, 0.717) is 12.0 Å². The van der Waals surface area contributed by atoms with Gasteiger partial charge in [0.15, 0.2) is 0 Å². The molecule has 0 spiro atoms. The molecule has 3 aromatic carbocycles. The van der Waals surface area contributed by atoms with Gasteiger partial charge in [0.2, 0.25) is 5.91 Å². The fourth-order valence-corrected chi connectivity index (χ4v) is 6.56. The molecule has 2 aliphatic carbocycles. The van der Waals surface area contributed by atoms with Crippen LogP contribution in [-0.2, 0) is 21.1 Å². The van der Waals surface area contributed by atoms with Crippen LogP contribution >= 0.6 is 0 Å². The minimum absolute atomic E-state index is 0.00585. The molecule has 7 nitrogen and oxygen atoms in total. The number of ether oxygens (including phenoxy) is 1. The number of hydrogen-bond donors (Lipinski definition) is 2. The van der Waals surface area contributed by atoms with Crippen LogP contribution in [0.1, 0.15) is 29.3 Å². The smallest absolute Gasteiger partial charge is 0.496 e. The molecule has 3 aromatic rings. The highest BCUT2D eigenvalue weighted by molar-refractivity contribution is 7.92. The predicted molar refractivity (Wildman–Crippen MR) is 152 cm³/mol. The summed E-state index contributed by atoms with van der Waals surface area (Å²) in [5, 5.41) is 5.41. The van der Waals surface area contributed by atoms with Gasteiger partial charge in [0, 0.05) is 23.4 Å². The van der Waals surface area contributed by atoms with Crippen LogP contribution in [0.2, 0.25) is 0 Å². The van der Waals surface area contributed by atoms with E-state index in [4.69, 9.17) is 4.74 Å². The van der Waals surface area contributed by atoms with Crippen LogP contribution < -0.4 is 15.4 Å². The summed E-state index contributed by atoms with van der Waals surface area (Å²) in [6, 6.07) is 13.0. The lowest BCUT2D eigenvalue weighted by Crippen LogP contribution is -2.47. The Kier molecular flexibility index (Phi) is 8.08. The number of sulfone groups is 1. The predicted octanol–water partition coefficient (Wildman–Crippen LogP) is 5.92. The largest absolute Gasteiger partial charge is 0.501 e. The van der Waals surface area contributed by atoms with E-state index in [0.717, 1.165) is 36.2 Å². The van der Waals surface area contributed by atoms with Gasteiger partial charge in [-0.05, 0) is 60.1 Å². The van der Waals surface area contributed by atoms with Gasteiger partial charge in [-0.3, -0.25) is 9.59 Å². The molecule has 5 rings (SSSR count). The minimum Gasteiger partial charge on any atom is -0.496 e. The number of hydrogen-bond acceptors (Lipinski definition) is 5. The molecule has 1 saturated carbocycles. The van der Waals surface area contributed by atoms with Crippen LogP contribution in [-0.4, -0.2) is 38.9 Å². The summed E-state index contributed by atoms with van der Waals surface area (Å²) in [6.07, 6.45) is 5.10. The van der Waals surface area contributed by atoms with Crippen molar-refractivity contribution in [2.24, 2.45) is 17.8 Å². The van der Waals surface area contributed by atoms with Gasteiger partial charge in [-0.15, -0.1) is 0 Å². The number of anilines is 1. The summed E-state index contributed by atoms with van der Waals surface area (Å²) in [6.45, 7) is 2.00. The molecule has 0 aromatic heterocycles. The van der Waals surface area contributed by atoms with E-state index in [1.165, 1.54) is 19.2 Å². The Morgan fingerprint density at radius 2 is 1.70 bits per heavy atom. The van der Waals surface area contributed by atoms with Gasteiger partial charge in [0.1, 0.15) is 11.6 Å². The molecule has 0 saturated heterocycles. The van der Waals surface area contributed by atoms with Gasteiger partial charge in [-0.2, -0.15) is 13.2 Å². The number of fused-ring (bicyclic) bond motifs is 2. The van der Waals surface area contributed by atoms with Crippen molar-refractivity contribution in [2.45, 2.75) is 36.2 Å². The molecule has 2 bridgehead atoms. The van der Waals surface area contributed by atoms with Crippen LogP contribution in [0.15, 0.2) is 77.7 Å². The third-order valence-electron chi connectivity index (χ3n) is 7.98. The van der Waals surface area contributed by atoms with E-state index in [1.54, 1.807) is 12.1 Å². The number of amides is 2. The molecular weight excluding hydrogens is 588 g/mol. The third kappa shape index (κ3) is 5.75. The van der Waals surface area contributed by atoms with Gasteiger partial charge in [0.25, 0.3) is 15.7 Å². The normalized spacial score (nSPS) is 21.1. The van der Waals surface area contributed by atoms with Crippen LogP contribution in [0, 0.1) is 23.6 Å². The number of rotatable bonds is 8. The van der Waals surface area contributed by atoms with Crippen molar-refractivity contribution < 1.29 is 40.3 Å². The topological polar surface area (TPSA) is 102 Å². The number of alkyl halides is 3. The first-order chi connectivity index (χ1) is 20.3. The summed E-state index contributed by atoms with van der Waals surface area (Å²) in [5.41, 5.74) is -3.73. The molecule has 0 unspecified atom stereocenters. The van der Waals surface area contributed by atoms with Crippen molar-refractivity contribution >= 4 is 27.3 Å². The van der Waals surface area contributed by atoms with E-state index < -0.39 is 49.8 Å². The molecule has 2 aliphatic rings. The molecule has 0 radical (unpaired) electrons. The fourth-order valence-electron chi connectivity index (χ4n) is 5.75. The summed E-state index contributed by atoms with van der Waals surface area (Å²) >= 11 is 0. The molecule has 4 atom stereocenters. The Morgan fingerprint density at radius 3 is 2.35 bits per heavy atom. The third-order valence-corrected chi connectivity index (χ3v) is 9.47. The van der Waals surface area contributed by atoms with Gasteiger partial charge in [0.05, 0.1) is 23.5 Å². The van der Waals surface area contributed by atoms with Crippen LogP contribution in [0.25, 0.3) is 11.1 Å². The van der Waals surface area contributed by atoms with Crippen molar-refractivity contribution in [3.05, 3.63) is 89.8 Å². The van der Waals surface area contributed by atoms with E-state index in [1.807, 2.05) is 31.2 Å². The Hall–Kier alpha value is -4.19. The summed E-state index contributed by atoms with van der Waals surface area (Å²) in [7, 11) is -4.30. The van der Waals surface area contributed by atoms with Gasteiger partial charge in [-0.1, -0.05) is 49.4 Å². The highest BCUT2D eigenvalue weighted by atomic mass is 32.2. The number of carbonyl (C=O) groups excluding carboxylic acids is 2. The van der Waals surface area contributed by atoms with Crippen LogP contribution in [0.5, 0.6) is 5.75 Å². The molecular formula is C31H28F4N2O5S. The summed E-state index contributed by atoms with van der Waals surface area (Å²) in [5.74, 6) is -3.01. The molecule has 43 heavy (non-hydrogen) atoms. The van der Waals surface area contributed by atoms with E-state index in [2.05, 4.69) is 10.6 Å². The maximum Gasteiger partial charge on any atom is 0.501 e. The molecule has 2 amide bonds. The quantitative estimate of drug-likeness (QED) is 0.242. The van der Waals surface area contributed by atoms with Gasteiger partial charge < -0.3 is 15.4 Å². The Labute approximate surface area is 245 Å². The Bertz CT molecular complexity index is 1700. The van der Waals surface area contributed by atoms with Gasteiger partial charge in [-0.25, -0.2) is 12.8 Å².